The van der Waals surface area contributed by atoms with Gasteiger partial charge in [0.15, 0.2) is 0 Å². The zero-order chi connectivity index (χ0) is 26.7. The highest BCUT2D eigenvalue weighted by Gasteiger charge is 2.39. The number of alkyl halides is 1. The Bertz CT molecular complexity index is 1620. The van der Waals surface area contributed by atoms with Crippen LogP contribution in [0.3, 0.4) is 0 Å². The predicted molar refractivity (Wildman–Crippen MR) is 148 cm³/mol. The third-order valence-electron chi connectivity index (χ3n) is 6.01. The minimum absolute atomic E-state index is 0.0973. The molecule has 12 heteroatoms. The van der Waals surface area contributed by atoms with Crippen molar-refractivity contribution in [1.82, 2.24) is 19.1 Å². The fourth-order valence-electron chi connectivity index (χ4n) is 3.91. The van der Waals surface area contributed by atoms with Gasteiger partial charge in [0.25, 0.3) is 0 Å². The zero-order valence-electron chi connectivity index (χ0n) is 19.9. The second kappa shape index (κ2) is 11.2. The van der Waals surface area contributed by atoms with Crippen molar-refractivity contribution in [1.29, 1.82) is 0 Å². The van der Waals surface area contributed by atoms with Crippen molar-refractivity contribution in [2.75, 3.05) is 17.6 Å². The smallest absolute Gasteiger partial charge is 0.335 e. The average molecular weight is 650 g/mol. The predicted octanol–water partition coefficient (Wildman–Crippen LogP) is 4.05. The van der Waals surface area contributed by atoms with Gasteiger partial charge >= 0.3 is 11.4 Å². The molecule has 0 amide bonds. The van der Waals surface area contributed by atoms with Crippen LogP contribution in [0, 0.1) is 11.4 Å². The van der Waals surface area contributed by atoms with Gasteiger partial charge in [0.05, 0.1) is 25.4 Å². The molecule has 1 aliphatic heterocycles. The number of pyridine rings is 1. The third kappa shape index (κ3) is 5.89. The molecule has 0 aliphatic carbocycles. The van der Waals surface area contributed by atoms with Crippen molar-refractivity contribution in [2.45, 2.75) is 13.1 Å². The zero-order valence-corrected chi connectivity index (χ0v) is 22.9. The van der Waals surface area contributed by atoms with E-state index in [0.717, 1.165) is 9.99 Å². The largest absolute Gasteiger partial charge is 0.439 e. The molecule has 0 saturated carbocycles. The molecule has 0 bridgehead atoms. The quantitative estimate of drug-likeness (QED) is 0.176. The molecule has 5 rings (SSSR count). The second-order valence-electron chi connectivity index (χ2n) is 8.97. The number of benzene rings is 2. The van der Waals surface area contributed by atoms with Crippen LogP contribution >= 0.6 is 34.2 Å². The molecule has 1 N–H and O–H groups in total. The van der Waals surface area contributed by atoms with Crippen molar-refractivity contribution in [3.8, 4) is 11.6 Å². The standard InChI is InChI=1S/C26H22ClFIN5O4/c27-18-6-4-17(5-7-18)12-33-23(32-24(35)34(25(33)36)14-26(13-29)15-37-16-26)30-19-8-10-20(11-9-19)38-22-3-1-2-21(28)31-22/h1-11H,12-16H2,(H,30,32,35). The van der Waals surface area contributed by atoms with Gasteiger partial charge in [-0.05, 0) is 48.0 Å². The lowest BCUT2D eigenvalue weighted by Crippen LogP contribution is -2.56. The Morgan fingerprint density at radius 1 is 1.08 bits per heavy atom. The Kier molecular flexibility index (Phi) is 7.77. The number of hydrogen-bond acceptors (Lipinski definition) is 6. The molecule has 0 atom stereocenters. The van der Waals surface area contributed by atoms with Gasteiger partial charge in [-0.3, -0.25) is 9.55 Å². The summed E-state index contributed by atoms with van der Waals surface area (Å²) in [5, 5.41) is 0.576. The van der Waals surface area contributed by atoms with Crippen LogP contribution < -0.4 is 21.7 Å². The van der Waals surface area contributed by atoms with Gasteiger partial charge in [0, 0.05) is 27.5 Å². The number of rotatable bonds is 8. The van der Waals surface area contributed by atoms with E-state index in [1.54, 1.807) is 42.5 Å². The summed E-state index contributed by atoms with van der Waals surface area (Å²) in [5.74, 6) is -0.108. The lowest BCUT2D eigenvalue weighted by molar-refractivity contribution is -0.106. The van der Waals surface area contributed by atoms with E-state index in [9.17, 15) is 14.0 Å². The van der Waals surface area contributed by atoms with Crippen LogP contribution in [0.4, 0.5) is 10.1 Å². The summed E-state index contributed by atoms with van der Waals surface area (Å²) in [6.45, 7) is 1.40. The maximum atomic E-state index is 13.6. The molecule has 1 aliphatic rings. The van der Waals surface area contributed by atoms with Crippen LogP contribution in [0.1, 0.15) is 5.56 Å². The van der Waals surface area contributed by atoms with E-state index < -0.39 is 17.3 Å². The first kappa shape index (κ1) is 26.3. The average Bonchev–Trinajstić information content (AvgIpc) is 2.88. The van der Waals surface area contributed by atoms with Crippen molar-refractivity contribution in [2.24, 2.45) is 10.4 Å². The fraction of sp³-hybridized carbons (Fsp3) is 0.231. The number of nitrogens with zero attached hydrogens (tertiary/aromatic N) is 4. The topological polar surface area (TPSA) is 104 Å². The molecular formula is C26H22ClFIN5O4. The molecule has 3 heterocycles. The van der Waals surface area contributed by atoms with E-state index in [-0.39, 0.29) is 30.0 Å². The van der Waals surface area contributed by atoms with Crippen molar-refractivity contribution < 1.29 is 13.9 Å². The Balaban J connectivity index is 1.52. The van der Waals surface area contributed by atoms with Gasteiger partial charge in [-0.15, -0.1) is 0 Å². The lowest BCUT2D eigenvalue weighted by atomic mass is 9.88. The summed E-state index contributed by atoms with van der Waals surface area (Å²) in [4.78, 5) is 37.6. The summed E-state index contributed by atoms with van der Waals surface area (Å²) in [7, 11) is 0. The van der Waals surface area contributed by atoms with Crippen LogP contribution in [0.5, 0.6) is 11.6 Å². The first-order valence-electron chi connectivity index (χ1n) is 11.6. The highest BCUT2D eigenvalue weighted by Crippen LogP contribution is 2.31. The summed E-state index contributed by atoms with van der Waals surface area (Å²) < 4.78 is 27.7. The molecule has 4 aromatic rings. The van der Waals surface area contributed by atoms with Crippen LogP contribution in [0.15, 0.2) is 81.3 Å². The minimum atomic E-state index is -0.646. The summed E-state index contributed by atoms with van der Waals surface area (Å²) in [6, 6.07) is 17.9. The van der Waals surface area contributed by atoms with Crippen molar-refractivity contribution in [3.63, 3.8) is 0 Å². The number of aromatic nitrogens is 4. The van der Waals surface area contributed by atoms with Gasteiger partial charge < -0.3 is 9.47 Å². The van der Waals surface area contributed by atoms with E-state index in [4.69, 9.17) is 21.1 Å². The SMILES string of the molecule is O=c1[nH]/c(=N\c2ccc(Oc3cccc(F)n3)cc2)n(Cc2ccc(Cl)cc2)c(=O)n1CC1(CI)COC1. The van der Waals surface area contributed by atoms with Gasteiger partial charge in [-0.25, -0.2) is 19.1 Å². The molecule has 9 nitrogen and oxygen atoms in total. The fourth-order valence-corrected chi connectivity index (χ4v) is 4.72. The molecule has 0 unspecified atom stereocenters. The number of H-pyrrole nitrogens is 1. The van der Waals surface area contributed by atoms with Crippen LogP contribution in [0.25, 0.3) is 0 Å². The summed E-state index contributed by atoms with van der Waals surface area (Å²) >= 11 is 8.28. The third-order valence-corrected chi connectivity index (χ3v) is 7.88. The molecule has 2 aromatic carbocycles. The van der Waals surface area contributed by atoms with Gasteiger partial charge in [-0.2, -0.15) is 9.37 Å². The number of hydrogen-bond donors (Lipinski definition) is 1. The highest BCUT2D eigenvalue weighted by molar-refractivity contribution is 14.1. The lowest BCUT2D eigenvalue weighted by Gasteiger charge is -2.40. The molecule has 0 spiro atoms. The van der Waals surface area contributed by atoms with E-state index in [1.807, 2.05) is 12.1 Å². The first-order chi connectivity index (χ1) is 18.3. The monoisotopic (exact) mass is 649 g/mol. The maximum Gasteiger partial charge on any atom is 0.335 e. The minimum Gasteiger partial charge on any atom is -0.439 e. The Morgan fingerprint density at radius 2 is 1.82 bits per heavy atom. The van der Waals surface area contributed by atoms with E-state index in [1.165, 1.54) is 21.3 Å². The van der Waals surface area contributed by atoms with Gasteiger partial charge in [0.1, 0.15) is 5.75 Å². The van der Waals surface area contributed by atoms with E-state index in [2.05, 4.69) is 37.6 Å². The number of halogens is 3. The van der Waals surface area contributed by atoms with Crippen LogP contribution in [0.2, 0.25) is 5.02 Å². The number of aromatic amines is 1. The molecular weight excluding hydrogens is 628 g/mol. The highest BCUT2D eigenvalue weighted by atomic mass is 127. The summed E-state index contributed by atoms with van der Waals surface area (Å²) in [6.07, 6.45) is 0. The van der Waals surface area contributed by atoms with Gasteiger partial charge in [-0.1, -0.05) is 52.4 Å². The normalized spacial score (nSPS) is 14.8. The maximum absolute atomic E-state index is 13.6. The molecule has 1 fully saturated rings. The van der Waals surface area contributed by atoms with Gasteiger partial charge in [0.2, 0.25) is 17.4 Å². The van der Waals surface area contributed by atoms with Crippen LogP contribution in [-0.2, 0) is 17.8 Å². The second-order valence-corrected chi connectivity index (χ2v) is 10.2. The molecule has 1 saturated heterocycles. The first-order valence-corrected chi connectivity index (χ1v) is 13.5. The molecule has 2 aromatic heterocycles. The Labute approximate surface area is 234 Å². The van der Waals surface area contributed by atoms with Crippen molar-refractivity contribution >= 4 is 39.9 Å². The van der Waals surface area contributed by atoms with Crippen LogP contribution in [-0.4, -0.2) is 36.7 Å². The Hall–Kier alpha value is -3.29. The Morgan fingerprint density at radius 3 is 2.45 bits per heavy atom. The molecule has 38 heavy (non-hydrogen) atoms. The van der Waals surface area contributed by atoms with E-state index in [0.29, 0.717) is 29.7 Å². The summed E-state index contributed by atoms with van der Waals surface area (Å²) in [5.41, 5.74) is 0.0949. The number of ether oxygens (including phenoxy) is 2. The van der Waals surface area contributed by atoms with Crippen molar-refractivity contribution in [3.05, 3.63) is 110 Å². The van der Waals surface area contributed by atoms with E-state index >= 15 is 0 Å². The molecule has 196 valence electrons. The number of nitrogens with one attached hydrogen (secondary N) is 1. The molecule has 0 radical (unpaired) electrons.